The fraction of sp³-hybridized carbons (Fsp3) is 0.556. The molecule has 2 atom stereocenters. The van der Waals surface area contributed by atoms with Gasteiger partial charge in [-0.05, 0) is 6.42 Å². The van der Waals surface area contributed by atoms with Gasteiger partial charge < -0.3 is 26.4 Å². The molecule has 6 N–H and O–H groups in total. The average molecular weight is 262 g/mol. The molecule has 0 heterocycles. The van der Waals surface area contributed by atoms with Crippen molar-refractivity contribution in [2.75, 3.05) is 0 Å². The lowest BCUT2D eigenvalue weighted by Crippen LogP contribution is -2.49. The number of amides is 1. The third-order valence-corrected chi connectivity index (χ3v) is 2.00. The Labute approximate surface area is 102 Å². The van der Waals surface area contributed by atoms with E-state index in [4.69, 9.17) is 21.1 Å². The van der Waals surface area contributed by atoms with Gasteiger partial charge in [-0.2, -0.15) is 0 Å². The van der Waals surface area contributed by atoms with E-state index >= 15 is 0 Å². The van der Waals surface area contributed by atoms with Crippen LogP contribution in [0.15, 0.2) is 0 Å². The molecule has 0 rings (SSSR count). The molecule has 0 bridgehead atoms. The Morgan fingerprint density at radius 1 is 1.06 bits per heavy atom. The number of carboxylic acid groups (broad SMARTS) is 3. The molecule has 0 radical (unpaired) electrons. The Morgan fingerprint density at radius 3 is 2.00 bits per heavy atom. The summed E-state index contributed by atoms with van der Waals surface area (Å²) < 4.78 is 0. The van der Waals surface area contributed by atoms with E-state index in [-0.39, 0.29) is 12.8 Å². The van der Waals surface area contributed by atoms with Crippen LogP contribution in [0, 0.1) is 0 Å². The summed E-state index contributed by atoms with van der Waals surface area (Å²) >= 11 is 0. The molecule has 18 heavy (non-hydrogen) atoms. The molecular formula is C9H14N2O7. The van der Waals surface area contributed by atoms with Gasteiger partial charge in [0.15, 0.2) is 0 Å². The number of hydrogen-bond donors (Lipinski definition) is 5. The summed E-state index contributed by atoms with van der Waals surface area (Å²) in [6.45, 7) is 0. The van der Waals surface area contributed by atoms with Gasteiger partial charge in [-0.15, -0.1) is 0 Å². The van der Waals surface area contributed by atoms with Crippen molar-refractivity contribution in [2.45, 2.75) is 31.3 Å². The number of nitrogens with two attached hydrogens (primary N) is 1. The quantitative estimate of drug-likeness (QED) is 0.342. The van der Waals surface area contributed by atoms with E-state index in [1.807, 2.05) is 5.32 Å². The first-order valence-electron chi connectivity index (χ1n) is 4.96. The van der Waals surface area contributed by atoms with Crippen molar-refractivity contribution in [3.05, 3.63) is 0 Å². The lowest BCUT2D eigenvalue weighted by Gasteiger charge is -2.15. The van der Waals surface area contributed by atoms with Gasteiger partial charge in [0.05, 0.1) is 12.5 Å². The van der Waals surface area contributed by atoms with Crippen molar-refractivity contribution in [1.82, 2.24) is 5.32 Å². The third-order valence-electron chi connectivity index (χ3n) is 2.00. The van der Waals surface area contributed by atoms with Crippen LogP contribution in [0.3, 0.4) is 0 Å². The zero-order chi connectivity index (χ0) is 14.3. The van der Waals surface area contributed by atoms with E-state index in [1.165, 1.54) is 0 Å². The molecule has 0 aliphatic carbocycles. The summed E-state index contributed by atoms with van der Waals surface area (Å²) in [6.07, 6.45) is -1.29. The third kappa shape index (κ3) is 6.43. The highest BCUT2D eigenvalue weighted by atomic mass is 16.4. The summed E-state index contributed by atoms with van der Waals surface area (Å²) in [5.41, 5.74) is 5.33. The van der Waals surface area contributed by atoms with Crippen LogP contribution in [0.1, 0.15) is 19.3 Å². The molecule has 0 aliphatic rings. The summed E-state index contributed by atoms with van der Waals surface area (Å²) in [5.74, 6) is -4.93. The largest absolute Gasteiger partial charge is 0.481 e. The molecule has 1 amide bonds. The van der Waals surface area contributed by atoms with Crippen molar-refractivity contribution in [2.24, 2.45) is 5.73 Å². The smallest absolute Gasteiger partial charge is 0.326 e. The zero-order valence-corrected chi connectivity index (χ0v) is 9.33. The molecule has 9 nitrogen and oxygen atoms in total. The van der Waals surface area contributed by atoms with Gasteiger partial charge in [0.1, 0.15) is 6.04 Å². The molecule has 0 aromatic rings. The number of hydrogen-bond acceptors (Lipinski definition) is 5. The van der Waals surface area contributed by atoms with Crippen LogP contribution in [-0.4, -0.2) is 51.2 Å². The fourth-order valence-corrected chi connectivity index (χ4v) is 1.06. The molecule has 102 valence electrons. The second-order valence-corrected chi connectivity index (χ2v) is 3.54. The number of carbonyl (C=O) groups excluding carboxylic acids is 1. The highest BCUT2D eigenvalue weighted by Crippen LogP contribution is 1.98. The lowest BCUT2D eigenvalue weighted by atomic mass is 10.1. The molecule has 0 saturated heterocycles. The van der Waals surface area contributed by atoms with Crippen LogP contribution >= 0.6 is 0 Å². The van der Waals surface area contributed by atoms with Crippen LogP contribution in [-0.2, 0) is 19.2 Å². The fourth-order valence-electron chi connectivity index (χ4n) is 1.06. The monoisotopic (exact) mass is 262 g/mol. The molecule has 0 aromatic heterocycles. The molecule has 0 spiro atoms. The van der Waals surface area contributed by atoms with E-state index in [0.29, 0.717) is 0 Å². The van der Waals surface area contributed by atoms with Crippen LogP contribution < -0.4 is 11.1 Å². The van der Waals surface area contributed by atoms with Crippen LogP contribution in [0.2, 0.25) is 0 Å². The number of aliphatic carboxylic acids is 3. The summed E-state index contributed by atoms with van der Waals surface area (Å²) in [4.78, 5) is 42.6. The maximum absolute atomic E-state index is 11.4. The summed E-state index contributed by atoms with van der Waals surface area (Å²) in [5, 5.41) is 27.4. The Kier molecular flexibility index (Phi) is 6.35. The number of nitrogens with one attached hydrogen (secondary N) is 1. The molecule has 0 fully saturated rings. The Balaban J connectivity index is 4.36. The molecule has 9 heteroatoms. The van der Waals surface area contributed by atoms with E-state index in [0.717, 1.165) is 0 Å². The van der Waals surface area contributed by atoms with Crippen molar-refractivity contribution < 1.29 is 34.5 Å². The minimum absolute atomic E-state index is 0.166. The minimum Gasteiger partial charge on any atom is -0.481 e. The Morgan fingerprint density at radius 2 is 1.61 bits per heavy atom. The van der Waals surface area contributed by atoms with Crippen LogP contribution in [0.25, 0.3) is 0 Å². The van der Waals surface area contributed by atoms with Gasteiger partial charge >= 0.3 is 17.9 Å². The SMILES string of the molecule is NC(CCC(=O)O)C(=O)NC(CC(=O)O)C(=O)O. The van der Waals surface area contributed by atoms with Gasteiger partial charge in [-0.3, -0.25) is 14.4 Å². The maximum atomic E-state index is 11.4. The molecular weight excluding hydrogens is 248 g/mol. The molecule has 2 unspecified atom stereocenters. The maximum Gasteiger partial charge on any atom is 0.326 e. The van der Waals surface area contributed by atoms with E-state index in [9.17, 15) is 19.2 Å². The van der Waals surface area contributed by atoms with Gasteiger partial charge in [0, 0.05) is 6.42 Å². The number of carboxylic acids is 3. The number of rotatable bonds is 8. The van der Waals surface area contributed by atoms with Crippen LogP contribution in [0.4, 0.5) is 0 Å². The van der Waals surface area contributed by atoms with Gasteiger partial charge in [-0.1, -0.05) is 0 Å². The summed E-state index contributed by atoms with van der Waals surface area (Å²) in [6, 6.07) is -2.79. The predicted octanol–water partition coefficient (Wildman–Crippen LogP) is -1.78. The first-order valence-corrected chi connectivity index (χ1v) is 4.96. The van der Waals surface area contributed by atoms with Crippen molar-refractivity contribution in [1.29, 1.82) is 0 Å². The lowest BCUT2D eigenvalue weighted by molar-refractivity contribution is -0.147. The van der Waals surface area contributed by atoms with Gasteiger partial charge in [0.2, 0.25) is 5.91 Å². The van der Waals surface area contributed by atoms with Crippen molar-refractivity contribution in [3.8, 4) is 0 Å². The van der Waals surface area contributed by atoms with Crippen molar-refractivity contribution in [3.63, 3.8) is 0 Å². The highest BCUT2D eigenvalue weighted by molar-refractivity contribution is 5.89. The second kappa shape index (κ2) is 7.22. The highest BCUT2D eigenvalue weighted by Gasteiger charge is 2.25. The predicted molar refractivity (Wildman–Crippen MR) is 56.7 cm³/mol. The molecule has 0 saturated carbocycles. The molecule has 0 aliphatic heterocycles. The number of carbonyl (C=O) groups is 4. The van der Waals surface area contributed by atoms with Gasteiger partial charge in [-0.25, -0.2) is 4.79 Å². The first-order chi connectivity index (χ1) is 8.23. The van der Waals surface area contributed by atoms with Gasteiger partial charge in [0.25, 0.3) is 0 Å². The minimum atomic E-state index is -1.59. The zero-order valence-electron chi connectivity index (χ0n) is 9.33. The van der Waals surface area contributed by atoms with Crippen LogP contribution in [0.5, 0.6) is 0 Å². The summed E-state index contributed by atoms with van der Waals surface area (Å²) in [7, 11) is 0. The van der Waals surface area contributed by atoms with E-state index in [1.54, 1.807) is 0 Å². The Bertz CT molecular complexity index is 355. The second-order valence-electron chi connectivity index (χ2n) is 3.54. The van der Waals surface area contributed by atoms with E-state index in [2.05, 4.69) is 0 Å². The van der Waals surface area contributed by atoms with Crippen molar-refractivity contribution >= 4 is 23.8 Å². The topological polar surface area (TPSA) is 167 Å². The first kappa shape index (κ1) is 15.8. The Hall–Kier alpha value is -2.16. The van der Waals surface area contributed by atoms with E-state index < -0.39 is 42.3 Å². The normalized spacial score (nSPS) is 13.4. The standard InChI is InChI=1S/C9H14N2O7/c10-4(1-2-6(12)13)8(16)11-5(9(17)18)3-7(14)15/h4-5H,1-3,10H2,(H,11,16)(H,12,13)(H,14,15)(H,17,18). The average Bonchev–Trinajstić information content (AvgIpc) is 2.23. The molecule has 0 aromatic carbocycles.